The van der Waals surface area contributed by atoms with Gasteiger partial charge in [-0.05, 0) is 17.7 Å². The van der Waals surface area contributed by atoms with Crippen molar-refractivity contribution in [3.05, 3.63) is 29.7 Å². The molecule has 0 aliphatic rings. The topological polar surface area (TPSA) is 107 Å². The van der Waals surface area contributed by atoms with Gasteiger partial charge in [-0.3, -0.25) is 0 Å². The fourth-order valence-corrected chi connectivity index (χ4v) is 1.30. The Kier molecular flexibility index (Phi) is 2.31. The number of carboxylic acids is 1. The number of aliphatic hydroxyl groups excluding tert-OH is 1. The minimum absolute atomic E-state index is 0.100. The SMILES string of the molecule is N#Cc1nc2ccc(C(O)C(=O)O)cc2o1. The first-order valence-electron chi connectivity index (χ1n) is 4.33. The second-order valence-corrected chi connectivity index (χ2v) is 3.10. The Bertz CT molecular complexity index is 596. The lowest BCUT2D eigenvalue weighted by Gasteiger charge is -2.03. The van der Waals surface area contributed by atoms with Crippen LogP contribution in [0.3, 0.4) is 0 Å². The third-order valence-electron chi connectivity index (χ3n) is 2.06. The van der Waals surface area contributed by atoms with Gasteiger partial charge in [0, 0.05) is 0 Å². The Morgan fingerprint density at radius 3 is 2.94 bits per heavy atom. The summed E-state index contributed by atoms with van der Waals surface area (Å²) in [6.45, 7) is 0. The molecular weight excluding hydrogens is 212 g/mol. The lowest BCUT2D eigenvalue weighted by Crippen LogP contribution is -2.09. The number of oxazole rings is 1. The quantitative estimate of drug-likeness (QED) is 0.772. The first kappa shape index (κ1) is 10.1. The largest absolute Gasteiger partial charge is 0.479 e. The number of hydrogen-bond donors (Lipinski definition) is 2. The first-order chi connectivity index (χ1) is 7.61. The molecule has 1 aromatic heterocycles. The zero-order valence-electron chi connectivity index (χ0n) is 7.91. The zero-order chi connectivity index (χ0) is 11.7. The molecule has 0 amide bonds. The van der Waals surface area contributed by atoms with E-state index < -0.39 is 12.1 Å². The molecule has 2 N–H and O–H groups in total. The molecule has 16 heavy (non-hydrogen) atoms. The second kappa shape index (κ2) is 3.64. The van der Waals surface area contributed by atoms with Crippen LogP contribution in [0.2, 0.25) is 0 Å². The number of benzene rings is 1. The molecule has 0 fully saturated rings. The maximum absolute atomic E-state index is 10.5. The molecule has 0 radical (unpaired) electrons. The van der Waals surface area contributed by atoms with Crippen LogP contribution in [0.1, 0.15) is 17.6 Å². The van der Waals surface area contributed by atoms with Crippen molar-refractivity contribution in [3.8, 4) is 6.07 Å². The molecule has 6 heteroatoms. The molecular formula is C10H6N2O4. The van der Waals surface area contributed by atoms with Gasteiger partial charge in [-0.2, -0.15) is 10.2 Å². The molecule has 1 aromatic carbocycles. The van der Waals surface area contributed by atoms with Gasteiger partial charge in [0.15, 0.2) is 17.8 Å². The average molecular weight is 218 g/mol. The van der Waals surface area contributed by atoms with Gasteiger partial charge in [-0.15, -0.1) is 0 Å². The van der Waals surface area contributed by atoms with Crippen LogP contribution in [0.4, 0.5) is 0 Å². The highest BCUT2D eigenvalue weighted by atomic mass is 16.4. The minimum Gasteiger partial charge on any atom is -0.479 e. The number of aliphatic hydroxyl groups is 1. The summed E-state index contributed by atoms with van der Waals surface area (Å²) in [6.07, 6.45) is -1.61. The number of nitriles is 1. The maximum Gasteiger partial charge on any atom is 0.337 e. The van der Waals surface area contributed by atoms with E-state index in [-0.39, 0.29) is 17.0 Å². The van der Waals surface area contributed by atoms with E-state index in [9.17, 15) is 9.90 Å². The number of carbonyl (C=O) groups is 1. The summed E-state index contributed by atoms with van der Waals surface area (Å²) in [5, 5.41) is 26.5. The zero-order valence-corrected chi connectivity index (χ0v) is 7.91. The molecule has 1 unspecified atom stereocenters. The van der Waals surface area contributed by atoms with Crippen LogP contribution < -0.4 is 0 Å². The summed E-state index contributed by atoms with van der Waals surface area (Å²) >= 11 is 0. The number of hydrogen-bond acceptors (Lipinski definition) is 5. The second-order valence-electron chi connectivity index (χ2n) is 3.10. The number of rotatable bonds is 2. The third kappa shape index (κ3) is 1.60. The van der Waals surface area contributed by atoms with Crippen LogP contribution in [-0.4, -0.2) is 21.2 Å². The number of carboxylic acid groups (broad SMARTS) is 1. The fourth-order valence-electron chi connectivity index (χ4n) is 1.30. The molecule has 2 rings (SSSR count). The average Bonchev–Trinajstić information content (AvgIpc) is 2.69. The summed E-state index contributed by atoms with van der Waals surface area (Å²) in [7, 11) is 0. The molecule has 1 heterocycles. The van der Waals surface area contributed by atoms with Gasteiger partial charge in [0.1, 0.15) is 5.52 Å². The van der Waals surface area contributed by atoms with E-state index in [4.69, 9.17) is 14.8 Å². The van der Waals surface area contributed by atoms with E-state index >= 15 is 0 Å². The summed E-state index contributed by atoms with van der Waals surface area (Å²) in [5.41, 5.74) is 0.896. The van der Waals surface area contributed by atoms with E-state index in [1.165, 1.54) is 18.2 Å². The van der Waals surface area contributed by atoms with Gasteiger partial charge in [0.25, 0.3) is 0 Å². The summed E-state index contributed by atoms with van der Waals surface area (Å²) in [5.74, 6) is -1.45. The molecule has 80 valence electrons. The van der Waals surface area contributed by atoms with E-state index in [0.717, 1.165) is 0 Å². The minimum atomic E-state index is -1.61. The molecule has 0 aliphatic heterocycles. The Hall–Kier alpha value is -2.39. The van der Waals surface area contributed by atoms with Crippen LogP contribution in [0.25, 0.3) is 11.1 Å². The van der Waals surface area contributed by atoms with Crippen molar-refractivity contribution in [1.82, 2.24) is 4.98 Å². The summed E-state index contributed by atoms with van der Waals surface area (Å²) in [4.78, 5) is 14.4. The Labute approximate surface area is 89.4 Å². The summed E-state index contributed by atoms with van der Waals surface area (Å²) < 4.78 is 5.01. The van der Waals surface area contributed by atoms with Crippen LogP contribution in [0.15, 0.2) is 22.6 Å². The highest BCUT2D eigenvalue weighted by Gasteiger charge is 2.17. The summed E-state index contributed by atoms with van der Waals surface area (Å²) in [6, 6.07) is 5.99. The van der Waals surface area contributed by atoms with Gasteiger partial charge in [0.05, 0.1) is 0 Å². The number of nitrogens with zero attached hydrogens (tertiary/aromatic N) is 2. The van der Waals surface area contributed by atoms with E-state index in [1.807, 2.05) is 0 Å². The lowest BCUT2D eigenvalue weighted by molar-refractivity contribution is -0.146. The Balaban J connectivity index is 2.52. The molecule has 2 aromatic rings. The fraction of sp³-hybridized carbons (Fsp3) is 0.100. The van der Waals surface area contributed by atoms with Crippen molar-refractivity contribution in [1.29, 1.82) is 5.26 Å². The van der Waals surface area contributed by atoms with Gasteiger partial charge in [-0.25, -0.2) is 4.79 Å². The molecule has 0 bridgehead atoms. The Morgan fingerprint density at radius 1 is 1.56 bits per heavy atom. The number of fused-ring (bicyclic) bond motifs is 1. The van der Waals surface area contributed by atoms with Crippen molar-refractivity contribution >= 4 is 17.1 Å². The lowest BCUT2D eigenvalue weighted by atomic mass is 10.1. The van der Waals surface area contributed by atoms with E-state index in [0.29, 0.717) is 5.52 Å². The molecule has 0 aliphatic carbocycles. The highest BCUT2D eigenvalue weighted by molar-refractivity contribution is 5.78. The van der Waals surface area contributed by atoms with Crippen molar-refractivity contribution in [2.75, 3.05) is 0 Å². The molecule has 0 spiro atoms. The van der Waals surface area contributed by atoms with Crippen LogP contribution >= 0.6 is 0 Å². The normalized spacial score (nSPS) is 12.2. The van der Waals surface area contributed by atoms with Crippen molar-refractivity contribution < 1.29 is 19.4 Å². The maximum atomic E-state index is 10.5. The molecule has 0 saturated carbocycles. The predicted molar refractivity (Wildman–Crippen MR) is 51.3 cm³/mol. The smallest absolute Gasteiger partial charge is 0.337 e. The third-order valence-corrected chi connectivity index (χ3v) is 2.06. The van der Waals surface area contributed by atoms with Crippen LogP contribution in [0.5, 0.6) is 0 Å². The van der Waals surface area contributed by atoms with Crippen LogP contribution in [-0.2, 0) is 4.79 Å². The van der Waals surface area contributed by atoms with E-state index in [2.05, 4.69) is 4.98 Å². The van der Waals surface area contributed by atoms with Gasteiger partial charge in [0.2, 0.25) is 0 Å². The number of aliphatic carboxylic acids is 1. The van der Waals surface area contributed by atoms with Gasteiger partial charge >= 0.3 is 11.9 Å². The standard InChI is InChI=1S/C10H6N2O4/c11-4-8-12-6-2-1-5(3-7(6)16-8)9(13)10(14)15/h1-3,9,13H,(H,14,15). The van der Waals surface area contributed by atoms with E-state index in [1.54, 1.807) is 6.07 Å². The number of aromatic nitrogens is 1. The predicted octanol–water partition coefficient (Wildman–Crippen LogP) is 0.817. The highest BCUT2D eigenvalue weighted by Crippen LogP contribution is 2.21. The molecule has 6 nitrogen and oxygen atoms in total. The van der Waals surface area contributed by atoms with Gasteiger partial charge < -0.3 is 14.6 Å². The Morgan fingerprint density at radius 2 is 2.31 bits per heavy atom. The molecule has 1 atom stereocenters. The van der Waals surface area contributed by atoms with Crippen molar-refractivity contribution in [2.45, 2.75) is 6.10 Å². The van der Waals surface area contributed by atoms with Crippen molar-refractivity contribution in [2.24, 2.45) is 0 Å². The first-order valence-corrected chi connectivity index (χ1v) is 4.33. The molecule has 0 saturated heterocycles. The van der Waals surface area contributed by atoms with Crippen LogP contribution in [0, 0.1) is 11.3 Å². The van der Waals surface area contributed by atoms with Gasteiger partial charge in [-0.1, -0.05) is 6.07 Å². The van der Waals surface area contributed by atoms with Crippen molar-refractivity contribution in [3.63, 3.8) is 0 Å². The monoisotopic (exact) mass is 218 g/mol.